The fraction of sp³-hybridized carbons (Fsp3) is 0.375. The first kappa shape index (κ1) is 17.4. The zero-order valence-electron chi connectivity index (χ0n) is 13.6. The quantitative estimate of drug-likeness (QED) is 0.849. The number of anilines is 2. The third kappa shape index (κ3) is 4.18. The molecule has 1 aliphatic rings. The lowest BCUT2D eigenvalue weighted by molar-refractivity contribution is -0.120. The summed E-state index contributed by atoms with van der Waals surface area (Å²) >= 11 is 1.25. The van der Waals surface area contributed by atoms with E-state index in [0.717, 1.165) is 0 Å². The molecule has 3 rings (SSSR count). The van der Waals surface area contributed by atoms with E-state index in [2.05, 4.69) is 15.5 Å². The van der Waals surface area contributed by atoms with Gasteiger partial charge in [0.25, 0.3) is 5.91 Å². The Labute approximate surface area is 147 Å². The minimum atomic E-state index is -0.344. The maximum Gasteiger partial charge on any atom is 0.252 e. The van der Waals surface area contributed by atoms with E-state index in [1.807, 2.05) is 0 Å². The van der Waals surface area contributed by atoms with Crippen LogP contribution in [0.3, 0.4) is 0 Å². The van der Waals surface area contributed by atoms with Gasteiger partial charge in [-0.2, -0.15) is 0 Å². The Bertz CT molecular complexity index is 765. The number of nitrogens with zero attached hydrogens (tertiary/aromatic N) is 3. The molecule has 9 heteroatoms. The van der Waals surface area contributed by atoms with E-state index in [1.54, 1.807) is 24.0 Å². The standard InChI is InChI=1S/C16H17FN4O3S/c1-2-24-9-13(22)18-16-20-19-15(25-16)10-7-14(23)21(8-10)12-5-3-11(17)4-6-12/h3-6,10H,2,7-9H2,1H3,(H,18,20,22). The van der Waals surface area contributed by atoms with Gasteiger partial charge in [-0.1, -0.05) is 11.3 Å². The van der Waals surface area contributed by atoms with Crippen LogP contribution in [0.2, 0.25) is 0 Å². The molecule has 2 aromatic rings. The lowest BCUT2D eigenvalue weighted by Gasteiger charge is -2.16. The SMILES string of the molecule is CCOCC(=O)Nc1nnc(C2CC(=O)N(c3ccc(F)cc3)C2)s1. The molecular weight excluding hydrogens is 347 g/mol. The minimum absolute atomic E-state index is 0.0360. The topological polar surface area (TPSA) is 84.4 Å². The normalized spacial score (nSPS) is 17.1. The first-order chi connectivity index (χ1) is 12.1. The van der Waals surface area contributed by atoms with Gasteiger partial charge >= 0.3 is 0 Å². The van der Waals surface area contributed by atoms with Gasteiger partial charge in [-0.05, 0) is 31.2 Å². The van der Waals surface area contributed by atoms with E-state index in [1.165, 1.54) is 23.5 Å². The van der Waals surface area contributed by atoms with Crippen molar-refractivity contribution in [3.8, 4) is 0 Å². The van der Waals surface area contributed by atoms with Gasteiger partial charge in [-0.15, -0.1) is 10.2 Å². The van der Waals surface area contributed by atoms with E-state index >= 15 is 0 Å². The first-order valence-electron chi connectivity index (χ1n) is 7.83. The van der Waals surface area contributed by atoms with Crippen LogP contribution in [0.4, 0.5) is 15.2 Å². The van der Waals surface area contributed by atoms with Crippen LogP contribution in [-0.4, -0.2) is 41.8 Å². The molecule has 1 saturated heterocycles. The van der Waals surface area contributed by atoms with Crippen LogP contribution in [0.5, 0.6) is 0 Å². The van der Waals surface area contributed by atoms with Gasteiger partial charge < -0.3 is 9.64 Å². The van der Waals surface area contributed by atoms with Crippen LogP contribution in [0.25, 0.3) is 0 Å². The molecule has 0 bridgehead atoms. The van der Waals surface area contributed by atoms with Crippen molar-refractivity contribution in [3.63, 3.8) is 0 Å². The van der Waals surface area contributed by atoms with Gasteiger partial charge in [0.05, 0.1) is 0 Å². The Morgan fingerprint density at radius 2 is 2.16 bits per heavy atom. The summed E-state index contributed by atoms with van der Waals surface area (Å²) in [4.78, 5) is 25.5. The number of amides is 2. The number of carbonyl (C=O) groups is 2. The lowest BCUT2D eigenvalue weighted by Crippen LogP contribution is -2.24. The highest BCUT2D eigenvalue weighted by Crippen LogP contribution is 2.34. The van der Waals surface area contributed by atoms with Crippen LogP contribution in [0, 0.1) is 5.82 Å². The molecule has 1 aromatic carbocycles. The Hall–Kier alpha value is -2.39. The number of hydrogen-bond acceptors (Lipinski definition) is 6. The second-order valence-corrected chi connectivity index (χ2v) is 6.52. The number of carbonyl (C=O) groups excluding carboxylic acids is 2. The largest absolute Gasteiger partial charge is 0.372 e. The van der Waals surface area contributed by atoms with Crippen LogP contribution in [-0.2, 0) is 14.3 Å². The molecule has 1 aliphatic heterocycles. The summed E-state index contributed by atoms with van der Waals surface area (Å²) in [5.74, 6) is -0.787. The zero-order chi connectivity index (χ0) is 17.8. The highest BCUT2D eigenvalue weighted by atomic mass is 32.1. The molecule has 2 amide bonds. The smallest absolute Gasteiger partial charge is 0.252 e. The second kappa shape index (κ2) is 7.66. The number of hydrogen-bond donors (Lipinski definition) is 1. The molecule has 0 aliphatic carbocycles. The van der Waals surface area contributed by atoms with Crippen LogP contribution in [0.15, 0.2) is 24.3 Å². The lowest BCUT2D eigenvalue weighted by atomic mass is 10.1. The Kier molecular flexibility index (Phi) is 5.34. The number of nitrogens with one attached hydrogen (secondary N) is 1. The summed E-state index contributed by atoms with van der Waals surface area (Å²) in [5.41, 5.74) is 0.656. The van der Waals surface area contributed by atoms with E-state index in [0.29, 0.717) is 35.4 Å². The van der Waals surface area contributed by atoms with Crippen molar-refractivity contribution in [2.45, 2.75) is 19.3 Å². The number of ether oxygens (including phenoxy) is 1. The summed E-state index contributed by atoms with van der Waals surface area (Å²) in [6.45, 7) is 2.68. The van der Waals surface area contributed by atoms with Crippen LogP contribution < -0.4 is 10.2 Å². The monoisotopic (exact) mass is 364 g/mol. The summed E-state index contributed by atoms with van der Waals surface area (Å²) in [6.07, 6.45) is 0.304. The average molecular weight is 364 g/mol. The average Bonchev–Trinajstić information content (AvgIpc) is 3.20. The minimum Gasteiger partial charge on any atom is -0.372 e. The molecule has 25 heavy (non-hydrogen) atoms. The fourth-order valence-corrected chi connectivity index (χ4v) is 3.39. The molecule has 1 atom stereocenters. The zero-order valence-corrected chi connectivity index (χ0v) is 14.4. The third-order valence-corrected chi connectivity index (χ3v) is 4.74. The number of aromatic nitrogens is 2. The maximum atomic E-state index is 13.0. The molecule has 0 saturated carbocycles. The highest BCUT2D eigenvalue weighted by molar-refractivity contribution is 7.15. The van der Waals surface area contributed by atoms with Gasteiger partial charge in [0.2, 0.25) is 11.0 Å². The molecule has 2 heterocycles. The maximum absolute atomic E-state index is 13.0. The van der Waals surface area contributed by atoms with Crippen molar-refractivity contribution in [2.24, 2.45) is 0 Å². The summed E-state index contributed by atoms with van der Waals surface area (Å²) in [7, 11) is 0. The van der Waals surface area contributed by atoms with E-state index < -0.39 is 0 Å². The third-order valence-electron chi connectivity index (χ3n) is 3.74. The molecule has 0 radical (unpaired) electrons. The van der Waals surface area contributed by atoms with Gasteiger partial charge in [0.15, 0.2) is 0 Å². The molecule has 1 N–H and O–H groups in total. The molecule has 1 fully saturated rings. The molecule has 1 aromatic heterocycles. The first-order valence-corrected chi connectivity index (χ1v) is 8.65. The Morgan fingerprint density at radius 1 is 1.40 bits per heavy atom. The van der Waals surface area contributed by atoms with Crippen molar-refractivity contribution < 1.29 is 18.7 Å². The Morgan fingerprint density at radius 3 is 2.88 bits per heavy atom. The molecule has 7 nitrogen and oxygen atoms in total. The summed E-state index contributed by atoms with van der Waals surface area (Å²) < 4.78 is 18.1. The van der Waals surface area contributed by atoms with Crippen molar-refractivity contribution in [1.29, 1.82) is 0 Å². The van der Waals surface area contributed by atoms with E-state index in [9.17, 15) is 14.0 Å². The van der Waals surface area contributed by atoms with Gasteiger partial charge in [0, 0.05) is 31.2 Å². The van der Waals surface area contributed by atoms with Gasteiger partial charge in [-0.25, -0.2) is 4.39 Å². The molecule has 0 spiro atoms. The van der Waals surface area contributed by atoms with E-state index in [4.69, 9.17) is 4.74 Å². The predicted molar refractivity (Wildman–Crippen MR) is 91.1 cm³/mol. The fourth-order valence-electron chi connectivity index (χ4n) is 2.54. The highest BCUT2D eigenvalue weighted by Gasteiger charge is 2.34. The predicted octanol–water partition coefficient (Wildman–Crippen LogP) is 2.17. The van der Waals surface area contributed by atoms with Crippen molar-refractivity contribution in [1.82, 2.24) is 10.2 Å². The van der Waals surface area contributed by atoms with Crippen molar-refractivity contribution in [3.05, 3.63) is 35.1 Å². The van der Waals surface area contributed by atoms with Gasteiger partial charge in [-0.3, -0.25) is 14.9 Å². The van der Waals surface area contributed by atoms with Gasteiger partial charge in [0.1, 0.15) is 17.4 Å². The van der Waals surface area contributed by atoms with Crippen LogP contribution in [0.1, 0.15) is 24.3 Å². The molecule has 1 unspecified atom stereocenters. The van der Waals surface area contributed by atoms with Crippen molar-refractivity contribution in [2.75, 3.05) is 30.0 Å². The molecule has 132 valence electrons. The summed E-state index contributed by atoms with van der Waals surface area (Å²) in [5, 5.41) is 11.7. The second-order valence-electron chi connectivity index (χ2n) is 5.51. The summed E-state index contributed by atoms with van der Waals surface area (Å²) in [6, 6.07) is 5.81. The van der Waals surface area contributed by atoms with E-state index in [-0.39, 0.29) is 30.2 Å². The van der Waals surface area contributed by atoms with Crippen LogP contribution >= 0.6 is 11.3 Å². The number of rotatable bonds is 6. The van der Waals surface area contributed by atoms with Crippen molar-refractivity contribution >= 4 is 34.0 Å². The Balaban J connectivity index is 1.64. The number of halogens is 1. The number of benzene rings is 1. The molecular formula is C16H17FN4O3S.